The van der Waals surface area contributed by atoms with E-state index in [2.05, 4.69) is 133 Å². The van der Waals surface area contributed by atoms with Gasteiger partial charge in [0.05, 0.1) is 0 Å². The van der Waals surface area contributed by atoms with Crippen LogP contribution in [0.3, 0.4) is 0 Å². The second-order valence-electron chi connectivity index (χ2n) is 10.1. The number of fused-ring (bicyclic) bond motifs is 4. The van der Waals surface area contributed by atoms with Gasteiger partial charge in [0, 0.05) is 26.2 Å². The van der Waals surface area contributed by atoms with Crippen molar-refractivity contribution in [2.24, 2.45) is 0 Å². The maximum Gasteiger partial charge on any atom is 0.0243 e. The number of hydrogen-bond acceptors (Lipinski definition) is 2. The van der Waals surface area contributed by atoms with Gasteiger partial charge >= 0.3 is 0 Å². The van der Waals surface area contributed by atoms with Crippen LogP contribution in [0.2, 0.25) is 0 Å². The fraction of sp³-hybridized carbons (Fsp3) is 0.176. The summed E-state index contributed by atoms with van der Waals surface area (Å²) in [6.07, 6.45) is 0. The third-order valence-electron chi connectivity index (χ3n) is 7.49. The standard InChI is InChI=1S/C34H32N2/c1-35(23-33-29-15-7-3-11-25(29)21-26-12-4-8-16-30(26)33)19-20-36(2)24-34-31-17-9-5-13-27(31)22-28-14-6-10-18-32(28)34/h3-18,21-22H,19-20,23-24H2,1-2H3. The Morgan fingerprint density at radius 3 is 1.00 bits per heavy atom. The Balaban J connectivity index is 1.23. The monoisotopic (exact) mass is 468 g/mol. The molecular weight excluding hydrogens is 436 g/mol. The largest absolute Gasteiger partial charge is 0.301 e. The molecule has 0 aliphatic carbocycles. The van der Waals surface area contributed by atoms with Crippen molar-refractivity contribution >= 4 is 43.1 Å². The van der Waals surface area contributed by atoms with Gasteiger partial charge < -0.3 is 9.80 Å². The molecule has 0 N–H and O–H groups in total. The minimum Gasteiger partial charge on any atom is -0.301 e. The number of hydrogen-bond donors (Lipinski definition) is 0. The van der Waals surface area contributed by atoms with Gasteiger partial charge in [0.2, 0.25) is 0 Å². The fourth-order valence-electron chi connectivity index (χ4n) is 5.60. The van der Waals surface area contributed by atoms with Gasteiger partial charge in [-0.15, -0.1) is 0 Å². The molecule has 0 saturated heterocycles. The highest BCUT2D eigenvalue weighted by Gasteiger charge is 2.13. The second kappa shape index (κ2) is 9.73. The van der Waals surface area contributed by atoms with E-state index < -0.39 is 0 Å². The van der Waals surface area contributed by atoms with E-state index in [4.69, 9.17) is 0 Å². The van der Waals surface area contributed by atoms with E-state index in [1.165, 1.54) is 54.2 Å². The lowest BCUT2D eigenvalue weighted by Crippen LogP contribution is -2.30. The first-order valence-corrected chi connectivity index (χ1v) is 12.8. The highest BCUT2D eigenvalue weighted by molar-refractivity contribution is 6.03. The Bertz CT molecular complexity index is 1450. The van der Waals surface area contributed by atoms with Crippen LogP contribution in [0.4, 0.5) is 0 Å². The zero-order valence-electron chi connectivity index (χ0n) is 21.1. The smallest absolute Gasteiger partial charge is 0.0243 e. The van der Waals surface area contributed by atoms with E-state index in [9.17, 15) is 0 Å². The van der Waals surface area contributed by atoms with Gasteiger partial charge in [0.1, 0.15) is 0 Å². The van der Waals surface area contributed by atoms with Crippen molar-refractivity contribution in [3.05, 3.63) is 120 Å². The van der Waals surface area contributed by atoms with Crippen LogP contribution >= 0.6 is 0 Å². The molecule has 6 aromatic rings. The van der Waals surface area contributed by atoms with Crippen molar-refractivity contribution in [1.82, 2.24) is 9.80 Å². The van der Waals surface area contributed by atoms with E-state index in [1.54, 1.807) is 0 Å². The number of likely N-dealkylation sites (N-methyl/N-ethyl adjacent to an activating group) is 2. The van der Waals surface area contributed by atoms with E-state index in [0.717, 1.165) is 26.2 Å². The molecule has 6 rings (SSSR count). The van der Waals surface area contributed by atoms with Gasteiger partial charge in [-0.05, 0) is 80.4 Å². The van der Waals surface area contributed by atoms with Crippen molar-refractivity contribution in [3.8, 4) is 0 Å². The predicted octanol–water partition coefficient (Wildman–Crippen LogP) is 7.86. The van der Waals surface area contributed by atoms with Crippen LogP contribution < -0.4 is 0 Å². The first-order chi connectivity index (χ1) is 17.7. The third-order valence-corrected chi connectivity index (χ3v) is 7.49. The van der Waals surface area contributed by atoms with Crippen molar-refractivity contribution < 1.29 is 0 Å². The summed E-state index contributed by atoms with van der Waals surface area (Å²) in [4.78, 5) is 4.93. The molecule has 0 aromatic heterocycles. The lowest BCUT2D eigenvalue weighted by Gasteiger charge is -2.24. The summed E-state index contributed by atoms with van der Waals surface area (Å²) >= 11 is 0. The fourth-order valence-corrected chi connectivity index (χ4v) is 5.60. The van der Waals surface area contributed by atoms with Gasteiger partial charge in [0.25, 0.3) is 0 Å². The first kappa shape index (κ1) is 22.7. The quantitative estimate of drug-likeness (QED) is 0.220. The molecular formula is C34H32N2. The van der Waals surface area contributed by atoms with E-state index in [-0.39, 0.29) is 0 Å². The summed E-state index contributed by atoms with van der Waals surface area (Å²) in [5.74, 6) is 0. The van der Waals surface area contributed by atoms with Crippen LogP contribution in [0.5, 0.6) is 0 Å². The van der Waals surface area contributed by atoms with E-state index in [0.29, 0.717) is 0 Å². The molecule has 178 valence electrons. The molecule has 6 aromatic carbocycles. The van der Waals surface area contributed by atoms with Gasteiger partial charge in [-0.2, -0.15) is 0 Å². The Morgan fingerprint density at radius 2 is 0.694 bits per heavy atom. The van der Waals surface area contributed by atoms with Gasteiger partial charge in [-0.3, -0.25) is 0 Å². The van der Waals surface area contributed by atoms with Gasteiger partial charge in [-0.1, -0.05) is 97.1 Å². The van der Waals surface area contributed by atoms with Crippen LogP contribution in [0.1, 0.15) is 11.1 Å². The Hall–Kier alpha value is -3.72. The zero-order chi connectivity index (χ0) is 24.5. The Morgan fingerprint density at radius 1 is 0.417 bits per heavy atom. The normalized spacial score (nSPS) is 12.0. The summed E-state index contributed by atoms with van der Waals surface area (Å²) in [6.45, 7) is 3.90. The topological polar surface area (TPSA) is 6.48 Å². The maximum absolute atomic E-state index is 2.46. The molecule has 0 heterocycles. The van der Waals surface area contributed by atoms with Crippen LogP contribution in [0.25, 0.3) is 43.1 Å². The van der Waals surface area contributed by atoms with Gasteiger partial charge in [0.15, 0.2) is 0 Å². The molecule has 0 fully saturated rings. The van der Waals surface area contributed by atoms with Crippen LogP contribution in [-0.2, 0) is 13.1 Å². The molecule has 0 atom stereocenters. The highest BCUT2D eigenvalue weighted by atomic mass is 15.2. The van der Waals surface area contributed by atoms with Crippen LogP contribution in [0.15, 0.2) is 109 Å². The maximum atomic E-state index is 2.46. The lowest BCUT2D eigenvalue weighted by molar-refractivity contribution is 0.249. The van der Waals surface area contributed by atoms with Crippen molar-refractivity contribution in [2.45, 2.75) is 13.1 Å². The van der Waals surface area contributed by atoms with Crippen molar-refractivity contribution in [3.63, 3.8) is 0 Å². The SMILES string of the molecule is CN(CCN(C)Cc1c2ccccc2cc2ccccc12)Cc1c2ccccc2cc2ccccc12. The summed E-state index contributed by atoms with van der Waals surface area (Å²) in [7, 11) is 4.50. The van der Waals surface area contributed by atoms with Crippen molar-refractivity contribution in [2.75, 3.05) is 27.2 Å². The minimum absolute atomic E-state index is 0.937. The average molecular weight is 469 g/mol. The summed E-state index contributed by atoms with van der Waals surface area (Å²) in [5, 5.41) is 10.7. The molecule has 0 radical (unpaired) electrons. The lowest BCUT2D eigenvalue weighted by atomic mass is 9.96. The number of nitrogens with zero attached hydrogens (tertiary/aromatic N) is 2. The zero-order valence-corrected chi connectivity index (χ0v) is 21.1. The molecule has 2 nitrogen and oxygen atoms in total. The third kappa shape index (κ3) is 4.35. The summed E-state index contributed by atoms with van der Waals surface area (Å²) < 4.78 is 0. The number of benzene rings is 6. The van der Waals surface area contributed by atoms with Gasteiger partial charge in [-0.25, -0.2) is 0 Å². The van der Waals surface area contributed by atoms with Crippen LogP contribution in [-0.4, -0.2) is 37.0 Å². The molecule has 0 aliphatic heterocycles. The molecule has 36 heavy (non-hydrogen) atoms. The van der Waals surface area contributed by atoms with E-state index >= 15 is 0 Å². The second-order valence-corrected chi connectivity index (χ2v) is 10.1. The van der Waals surface area contributed by atoms with Crippen LogP contribution in [0, 0.1) is 0 Å². The molecule has 0 unspecified atom stereocenters. The average Bonchev–Trinajstić information content (AvgIpc) is 2.91. The Labute approximate surface area is 213 Å². The molecule has 0 aliphatic rings. The highest BCUT2D eigenvalue weighted by Crippen LogP contribution is 2.30. The minimum atomic E-state index is 0.937. The summed E-state index contributed by atoms with van der Waals surface area (Å²) in [5.41, 5.74) is 2.85. The molecule has 2 heteroatoms. The Kier molecular flexibility index (Phi) is 6.14. The molecule has 0 bridgehead atoms. The molecule has 0 spiro atoms. The molecule has 0 amide bonds. The summed E-state index contributed by atoms with van der Waals surface area (Å²) in [6, 6.07) is 39.8. The predicted molar refractivity (Wildman–Crippen MR) is 156 cm³/mol. The molecule has 0 saturated carbocycles. The van der Waals surface area contributed by atoms with Crippen molar-refractivity contribution in [1.29, 1.82) is 0 Å². The first-order valence-electron chi connectivity index (χ1n) is 12.8. The van der Waals surface area contributed by atoms with E-state index in [1.807, 2.05) is 0 Å². The number of rotatable bonds is 7.